The summed E-state index contributed by atoms with van der Waals surface area (Å²) in [4.78, 5) is 0. The molecule has 0 heterocycles. The lowest BCUT2D eigenvalue weighted by Crippen LogP contribution is -2.20. The Labute approximate surface area is 103 Å². The first-order valence-electron chi connectivity index (χ1n) is 6.11. The minimum atomic E-state index is 0.151. The highest BCUT2D eigenvalue weighted by Gasteiger charge is 2.29. The van der Waals surface area contributed by atoms with Crippen molar-refractivity contribution >= 4 is 6.08 Å². The molecule has 0 N–H and O–H groups in total. The van der Waals surface area contributed by atoms with Crippen LogP contribution >= 0.6 is 0 Å². The van der Waals surface area contributed by atoms with E-state index in [1.165, 1.54) is 16.7 Å². The molecule has 1 aliphatic rings. The molecule has 0 nitrogen and oxygen atoms in total. The number of allylic oxidation sites excluding steroid dienone is 1. The molecule has 0 aliphatic heterocycles. The summed E-state index contributed by atoms with van der Waals surface area (Å²) in [6, 6.07) is 19.4. The maximum Gasteiger partial charge on any atom is 0.0153 e. The number of fused-ring (bicyclic) bond motifs is 1. The molecule has 0 saturated carbocycles. The highest BCUT2D eigenvalue weighted by atomic mass is 14.3. The second kappa shape index (κ2) is 3.89. The van der Waals surface area contributed by atoms with Crippen molar-refractivity contribution in [1.29, 1.82) is 0 Å². The maximum atomic E-state index is 2.34. The lowest BCUT2D eigenvalue weighted by atomic mass is 9.79. The van der Waals surface area contributed by atoms with Crippen LogP contribution in [-0.2, 0) is 11.8 Å². The summed E-state index contributed by atoms with van der Waals surface area (Å²) in [5.41, 5.74) is 4.36. The van der Waals surface area contributed by atoms with E-state index >= 15 is 0 Å². The molecule has 0 aromatic heterocycles. The van der Waals surface area contributed by atoms with Crippen LogP contribution in [0.15, 0.2) is 60.7 Å². The Morgan fingerprint density at radius 3 is 2.41 bits per heavy atom. The minimum Gasteiger partial charge on any atom is -0.0733 e. The van der Waals surface area contributed by atoms with Crippen molar-refractivity contribution in [2.75, 3.05) is 0 Å². The van der Waals surface area contributed by atoms with Crippen LogP contribution < -0.4 is 0 Å². The van der Waals surface area contributed by atoms with Crippen LogP contribution in [0.1, 0.15) is 23.6 Å². The molecule has 84 valence electrons. The summed E-state index contributed by atoms with van der Waals surface area (Å²) in [6.07, 6.45) is 5.66. The molecule has 0 radical (unpaired) electrons. The van der Waals surface area contributed by atoms with Crippen molar-refractivity contribution in [3.63, 3.8) is 0 Å². The average molecular weight is 220 g/mol. The van der Waals surface area contributed by atoms with E-state index in [-0.39, 0.29) is 5.41 Å². The zero-order chi connectivity index (χ0) is 11.7. The molecule has 0 heteroatoms. The van der Waals surface area contributed by atoms with Gasteiger partial charge in [0.25, 0.3) is 0 Å². The smallest absolute Gasteiger partial charge is 0.0153 e. The maximum absolute atomic E-state index is 2.34. The Kier molecular flexibility index (Phi) is 2.36. The van der Waals surface area contributed by atoms with Gasteiger partial charge in [-0.2, -0.15) is 0 Å². The Morgan fingerprint density at radius 1 is 0.882 bits per heavy atom. The van der Waals surface area contributed by atoms with Crippen LogP contribution in [-0.4, -0.2) is 0 Å². The van der Waals surface area contributed by atoms with Gasteiger partial charge in [-0.3, -0.25) is 0 Å². The van der Waals surface area contributed by atoms with Gasteiger partial charge in [0.1, 0.15) is 0 Å². The molecule has 0 fully saturated rings. The molecule has 2 aromatic carbocycles. The van der Waals surface area contributed by atoms with Crippen molar-refractivity contribution in [2.45, 2.75) is 18.8 Å². The zero-order valence-corrected chi connectivity index (χ0v) is 10.1. The summed E-state index contributed by atoms with van der Waals surface area (Å²) < 4.78 is 0. The third-order valence-electron chi connectivity index (χ3n) is 3.62. The van der Waals surface area contributed by atoms with Gasteiger partial charge in [-0.15, -0.1) is 0 Å². The lowest BCUT2D eigenvalue weighted by molar-refractivity contribution is 0.602. The van der Waals surface area contributed by atoms with Crippen LogP contribution in [0, 0.1) is 0 Å². The molecule has 3 rings (SSSR count). The van der Waals surface area contributed by atoms with Crippen LogP contribution in [0.25, 0.3) is 6.08 Å². The number of hydrogen-bond donors (Lipinski definition) is 0. The quantitative estimate of drug-likeness (QED) is 0.711. The number of benzene rings is 2. The molecular formula is C17H16. The van der Waals surface area contributed by atoms with Crippen LogP contribution in [0.4, 0.5) is 0 Å². The fraction of sp³-hybridized carbons (Fsp3) is 0.176. The third-order valence-corrected chi connectivity index (χ3v) is 3.62. The standard InChI is InChI=1S/C17H16/c1-17(13-14-7-3-2-4-8-14)12-11-15-9-5-6-10-16(15)17/h2-12H,13H2,1H3. The van der Waals surface area contributed by atoms with Crippen molar-refractivity contribution in [3.05, 3.63) is 77.4 Å². The molecule has 0 bridgehead atoms. The van der Waals surface area contributed by atoms with E-state index in [4.69, 9.17) is 0 Å². The molecule has 0 amide bonds. The van der Waals surface area contributed by atoms with Gasteiger partial charge in [0.15, 0.2) is 0 Å². The van der Waals surface area contributed by atoms with Crippen LogP contribution in [0.2, 0.25) is 0 Å². The second-order valence-corrected chi connectivity index (χ2v) is 5.00. The van der Waals surface area contributed by atoms with Crippen molar-refractivity contribution in [2.24, 2.45) is 0 Å². The normalized spacial score (nSPS) is 21.5. The molecule has 0 saturated heterocycles. The Morgan fingerprint density at radius 2 is 1.59 bits per heavy atom. The Balaban J connectivity index is 1.97. The number of hydrogen-bond acceptors (Lipinski definition) is 0. The fourth-order valence-corrected chi connectivity index (χ4v) is 2.70. The van der Waals surface area contributed by atoms with Gasteiger partial charge >= 0.3 is 0 Å². The van der Waals surface area contributed by atoms with Crippen molar-refractivity contribution in [1.82, 2.24) is 0 Å². The predicted molar refractivity (Wildman–Crippen MR) is 73.0 cm³/mol. The molecule has 1 unspecified atom stereocenters. The lowest BCUT2D eigenvalue weighted by Gasteiger charge is -2.24. The van der Waals surface area contributed by atoms with Crippen LogP contribution in [0.3, 0.4) is 0 Å². The second-order valence-electron chi connectivity index (χ2n) is 5.00. The first kappa shape index (κ1) is 10.3. The topological polar surface area (TPSA) is 0 Å². The van der Waals surface area contributed by atoms with Gasteiger partial charge in [-0.25, -0.2) is 0 Å². The third kappa shape index (κ3) is 1.80. The van der Waals surface area contributed by atoms with Crippen LogP contribution in [0.5, 0.6) is 0 Å². The number of rotatable bonds is 2. The van der Waals surface area contributed by atoms with Crippen molar-refractivity contribution < 1.29 is 0 Å². The van der Waals surface area contributed by atoms with Gasteiger partial charge in [0.2, 0.25) is 0 Å². The molecule has 17 heavy (non-hydrogen) atoms. The highest BCUT2D eigenvalue weighted by Crippen LogP contribution is 2.38. The largest absolute Gasteiger partial charge is 0.0733 e. The van der Waals surface area contributed by atoms with E-state index in [1.807, 2.05) is 0 Å². The molecule has 1 aliphatic carbocycles. The Hall–Kier alpha value is -1.82. The summed E-state index contributed by atoms with van der Waals surface area (Å²) in [7, 11) is 0. The van der Waals surface area contributed by atoms with Crippen molar-refractivity contribution in [3.8, 4) is 0 Å². The summed E-state index contributed by atoms with van der Waals surface area (Å²) in [5, 5.41) is 0. The summed E-state index contributed by atoms with van der Waals surface area (Å²) >= 11 is 0. The molecule has 0 spiro atoms. The van der Waals surface area contributed by atoms with Gasteiger partial charge in [-0.1, -0.05) is 73.7 Å². The SMILES string of the molecule is CC1(Cc2ccccc2)C=Cc2ccccc21. The summed E-state index contributed by atoms with van der Waals surface area (Å²) in [5.74, 6) is 0. The fourth-order valence-electron chi connectivity index (χ4n) is 2.70. The van der Waals surface area contributed by atoms with E-state index in [9.17, 15) is 0 Å². The monoisotopic (exact) mass is 220 g/mol. The van der Waals surface area contributed by atoms with Gasteiger partial charge in [-0.05, 0) is 23.1 Å². The van der Waals surface area contributed by atoms with E-state index in [1.54, 1.807) is 0 Å². The average Bonchev–Trinajstić information content (AvgIpc) is 2.69. The van der Waals surface area contributed by atoms with Gasteiger partial charge < -0.3 is 0 Å². The predicted octanol–water partition coefficient (Wildman–Crippen LogP) is 4.21. The van der Waals surface area contributed by atoms with E-state index in [2.05, 4.69) is 73.7 Å². The molecule has 2 aromatic rings. The summed E-state index contributed by atoms with van der Waals surface area (Å²) in [6.45, 7) is 2.32. The highest BCUT2D eigenvalue weighted by molar-refractivity contribution is 5.65. The van der Waals surface area contributed by atoms with Gasteiger partial charge in [0.05, 0.1) is 0 Å². The van der Waals surface area contributed by atoms with Gasteiger partial charge in [0, 0.05) is 5.41 Å². The zero-order valence-electron chi connectivity index (χ0n) is 10.1. The molecular weight excluding hydrogens is 204 g/mol. The van der Waals surface area contributed by atoms with E-state index in [0.29, 0.717) is 0 Å². The van der Waals surface area contributed by atoms with E-state index < -0.39 is 0 Å². The minimum absolute atomic E-state index is 0.151. The first-order chi connectivity index (χ1) is 8.28. The molecule has 1 atom stereocenters. The Bertz CT molecular complexity index is 551. The van der Waals surface area contributed by atoms with E-state index in [0.717, 1.165) is 6.42 Å². The first-order valence-corrected chi connectivity index (χ1v) is 6.11.